The molecule has 0 saturated carbocycles. The van der Waals surface area contributed by atoms with Crippen LogP contribution in [0.2, 0.25) is 0 Å². The molecule has 1 unspecified atom stereocenters. The summed E-state index contributed by atoms with van der Waals surface area (Å²) in [5, 5.41) is 9.89. The van der Waals surface area contributed by atoms with E-state index in [1.54, 1.807) is 7.11 Å². The Morgan fingerprint density at radius 2 is 2.31 bits per heavy atom. The maximum atomic E-state index is 5.19. The van der Waals surface area contributed by atoms with Gasteiger partial charge >= 0.3 is 0 Å². The lowest BCUT2D eigenvalue weighted by Crippen LogP contribution is -2.19. The van der Waals surface area contributed by atoms with E-state index in [0.717, 1.165) is 17.1 Å². The highest BCUT2D eigenvalue weighted by molar-refractivity contribution is 5.33. The Bertz CT molecular complexity index is 441. The van der Waals surface area contributed by atoms with E-state index in [-0.39, 0.29) is 6.04 Å². The summed E-state index contributed by atoms with van der Waals surface area (Å²) in [5.74, 6) is 1.62. The van der Waals surface area contributed by atoms with Crippen molar-refractivity contribution in [2.45, 2.75) is 6.04 Å². The van der Waals surface area contributed by atoms with Gasteiger partial charge in [-0.3, -0.25) is 5.10 Å². The smallest absolute Gasteiger partial charge is 0.145 e. The zero-order chi connectivity index (χ0) is 11.4. The highest BCUT2D eigenvalue weighted by Crippen LogP contribution is 2.22. The van der Waals surface area contributed by atoms with Crippen molar-refractivity contribution in [3.05, 3.63) is 42.0 Å². The third-order valence-electron chi connectivity index (χ3n) is 2.42. The number of nitrogens with zero attached hydrogens (tertiary/aromatic N) is 2. The van der Waals surface area contributed by atoms with E-state index < -0.39 is 0 Å². The highest BCUT2D eigenvalue weighted by Gasteiger charge is 2.14. The lowest BCUT2D eigenvalue weighted by atomic mass is 10.1. The fraction of sp³-hybridized carbons (Fsp3) is 0.273. The van der Waals surface area contributed by atoms with Crippen molar-refractivity contribution in [3.63, 3.8) is 0 Å². The second-order valence-electron chi connectivity index (χ2n) is 3.37. The Labute approximate surface area is 93.9 Å². The van der Waals surface area contributed by atoms with E-state index >= 15 is 0 Å². The first-order valence-electron chi connectivity index (χ1n) is 5.01. The first-order valence-corrected chi connectivity index (χ1v) is 5.01. The number of ether oxygens (including phenoxy) is 1. The average Bonchev–Trinajstić information content (AvgIpc) is 2.84. The van der Waals surface area contributed by atoms with Crippen molar-refractivity contribution in [1.29, 1.82) is 0 Å². The fourth-order valence-electron chi connectivity index (χ4n) is 1.64. The molecular weight excluding hydrogens is 204 g/mol. The van der Waals surface area contributed by atoms with Crippen LogP contribution in [0.1, 0.15) is 17.4 Å². The van der Waals surface area contributed by atoms with Gasteiger partial charge in [0.1, 0.15) is 17.9 Å². The van der Waals surface area contributed by atoms with Crippen LogP contribution in [0.3, 0.4) is 0 Å². The summed E-state index contributed by atoms with van der Waals surface area (Å²) >= 11 is 0. The van der Waals surface area contributed by atoms with Crippen molar-refractivity contribution in [3.8, 4) is 5.75 Å². The van der Waals surface area contributed by atoms with Crippen LogP contribution in [0.4, 0.5) is 0 Å². The summed E-state index contributed by atoms with van der Waals surface area (Å²) in [6.45, 7) is 0. The highest BCUT2D eigenvalue weighted by atomic mass is 16.5. The molecule has 0 amide bonds. The predicted molar refractivity (Wildman–Crippen MR) is 60.3 cm³/mol. The quantitative estimate of drug-likeness (QED) is 0.807. The molecule has 1 aromatic heterocycles. The molecule has 2 rings (SSSR count). The van der Waals surface area contributed by atoms with Gasteiger partial charge in [0.25, 0.3) is 0 Å². The van der Waals surface area contributed by atoms with Gasteiger partial charge in [-0.1, -0.05) is 12.1 Å². The summed E-state index contributed by atoms with van der Waals surface area (Å²) in [5.41, 5.74) is 1.08. The van der Waals surface area contributed by atoms with Gasteiger partial charge in [0.2, 0.25) is 0 Å². The van der Waals surface area contributed by atoms with Crippen LogP contribution in [-0.4, -0.2) is 29.3 Å². The van der Waals surface area contributed by atoms with Crippen LogP contribution >= 0.6 is 0 Å². The first-order chi connectivity index (χ1) is 7.85. The van der Waals surface area contributed by atoms with E-state index in [1.807, 2.05) is 31.3 Å². The summed E-state index contributed by atoms with van der Waals surface area (Å²) < 4.78 is 5.19. The third-order valence-corrected chi connectivity index (χ3v) is 2.42. The number of H-pyrrole nitrogens is 1. The van der Waals surface area contributed by atoms with Gasteiger partial charge in [-0.05, 0) is 24.7 Å². The van der Waals surface area contributed by atoms with Gasteiger partial charge in [-0.15, -0.1) is 0 Å². The Morgan fingerprint density at radius 3 is 2.94 bits per heavy atom. The summed E-state index contributed by atoms with van der Waals surface area (Å²) in [7, 11) is 3.54. The van der Waals surface area contributed by atoms with Crippen LogP contribution in [0.5, 0.6) is 5.75 Å². The zero-order valence-corrected chi connectivity index (χ0v) is 9.27. The summed E-state index contributed by atoms with van der Waals surface area (Å²) in [4.78, 5) is 4.15. The second-order valence-corrected chi connectivity index (χ2v) is 3.37. The van der Waals surface area contributed by atoms with Gasteiger partial charge in [-0.25, -0.2) is 4.98 Å². The van der Waals surface area contributed by atoms with Crippen molar-refractivity contribution in [1.82, 2.24) is 20.5 Å². The average molecular weight is 218 g/mol. The minimum Gasteiger partial charge on any atom is -0.497 e. The SMILES string of the molecule is CNC(c1cccc(OC)c1)c1ncn[nH]1. The molecule has 0 aliphatic carbocycles. The van der Waals surface area contributed by atoms with E-state index in [0.29, 0.717) is 0 Å². The first kappa shape index (κ1) is 10.6. The number of aromatic amines is 1. The predicted octanol–water partition coefficient (Wildman–Crippen LogP) is 1.12. The van der Waals surface area contributed by atoms with Gasteiger partial charge in [0.05, 0.1) is 13.2 Å². The Balaban J connectivity index is 2.33. The molecule has 1 aromatic carbocycles. The zero-order valence-electron chi connectivity index (χ0n) is 9.27. The van der Waals surface area contributed by atoms with E-state index in [9.17, 15) is 0 Å². The Kier molecular flexibility index (Phi) is 3.16. The molecule has 1 atom stereocenters. The second kappa shape index (κ2) is 4.76. The molecule has 0 bridgehead atoms. The monoisotopic (exact) mass is 218 g/mol. The number of benzene rings is 1. The molecule has 2 aromatic rings. The molecule has 2 N–H and O–H groups in total. The molecule has 5 nitrogen and oxygen atoms in total. The van der Waals surface area contributed by atoms with Gasteiger partial charge in [0.15, 0.2) is 0 Å². The van der Waals surface area contributed by atoms with Gasteiger partial charge in [-0.2, -0.15) is 5.10 Å². The van der Waals surface area contributed by atoms with Crippen LogP contribution < -0.4 is 10.1 Å². The lowest BCUT2D eigenvalue weighted by molar-refractivity contribution is 0.413. The van der Waals surface area contributed by atoms with Crippen molar-refractivity contribution < 1.29 is 4.74 Å². The van der Waals surface area contributed by atoms with Crippen molar-refractivity contribution in [2.24, 2.45) is 0 Å². The summed E-state index contributed by atoms with van der Waals surface area (Å²) in [6.07, 6.45) is 1.50. The Hall–Kier alpha value is -1.88. The van der Waals surface area contributed by atoms with Gasteiger partial charge < -0.3 is 10.1 Å². The number of nitrogens with one attached hydrogen (secondary N) is 2. The molecule has 1 heterocycles. The van der Waals surface area contributed by atoms with Crippen LogP contribution in [0, 0.1) is 0 Å². The third kappa shape index (κ3) is 2.04. The topological polar surface area (TPSA) is 62.8 Å². The molecule has 0 spiro atoms. The molecule has 0 saturated heterocycles. The molecule has 0 radical (unpaired) electrons. The van der Waals surface area contributed by atoms with Crippen molar-refractivity contribution >= 4 is 0 Å². The molecule has 5 heteroatoms. The molecule has 0 aliphatic rings. The van der Waals surface area contributed by atoms with Crippen LogP contribution in [-0.2, 0) is 0 Å². The number of methoxy groups -OCH3 is 1. The number of rotatable bonds is 4. The number of hydrogen-bond acceptors (Lipinski definition) is 4. The lowest BCUT2D eigenvalue weighted by Gasteiger charge is -2.14. The molecule has 0 aliphatic heterocycles. The number of hydrogen-bond donors (Lipinski definition) is 2. The maximum absolute atomic E-state index is 5.19. The van der Waals surface area contributed by atoms with E-state index in [2.05, 4.69) is 20.5 Å². The summed E-state index contributed by atoms with van der Waals surface area (Å²) in [6, 6.07) is 7.86. The largest absolute Gasteiger partial charge is 0.497 e. The molecule has 0 fully saturated rings. The standard InChI is InChI=1S/C11H14N4O/c1-12-10(11-13-7-14-15-11)8-4-3-5-9(6-8)16-2/h3-7,10,12H,1-2H3,(H,13,14,15). The minimum atomic E-state index is -0.00222. The Morgan fingerprint density at radius 1 is 1.44 bits per heavy atom. The van der Waals surface area contributed by atoms with Gasteiger partial charge in [0, 0.05) is 0 Å². The number of aromatic nitrogens is 3. The fourth-order valence-corrected chi connectivity index (χ4v) is 1.64. The van der Waals surface area contributed by atoms with Crippen LogP contribution in [0.15, 0.2) is 30.6 Å². The van der Waals surface area contributed by atoms with E-state index in [4.69, 9.17) is 4.74 Å². The van der Waals surface area contributed by atoms with E-state index in [1.165, 1.54) is 6.33 Å². The maximum Gasteiger partial charge on any atom is 0.145 e. The van der Waals surface area contributed by atoms with Crippen molar-refractivity contribution in [2.75, 3.05) is 14.2 Å². The van der Waals surface area contributed by atoms with Crippen LogP contribution in [0.25, 0.3) is 0 Å². The molecule has 84 valence electrons. The minimum absolute atomic E-state index is 0.00222. The molecule has 16 heavy (non-hydrogen) atoms. The molecular formula is C11H14N4O. The normalized spacial score (nSPS) is 12.4.